The third kappa shape index (κ3) is 5.73. The SMILES string of the molecule is COc1ccc(CNCCCN2CCCC2=O)cc1OCc1ccccc1. The lowest BCUT2D eigenvalue weighted by molar-refractivity contribution is -0.127. The minimum Gasteiger partial charge on any atom is -0.493 e. The fourth-order valence-corrected chi connectivity index (χ4v) is 3.25. The number of carbonyl (C=O) groups excluding carboxylic acids is 1. The first kappa shape index (κ1) is 19.2. The first-order valence-corrected chi connectivity index (χ1v) is 9.58. The average molecular weight is 368 g/mol. The molecule has 0 aromatic heterocycles. The molecule has 3 rings (SSSR count). The van der Waals surface area contributed by atoms with Crippen LogP contribution in [0.3, 0.4) is 0 Å². The summed E-state index contributed by atoms with van der Waals surface area (Å²) in [6.45, 7) is 3.92. The summed E-state index contributed by atoms with van der Waals surface area (Å²) >= 11 is 0. The quantitative estimate of drug-likeness (QED) is 0.653. The van der Waals surface area contributed by atoms with Crippen molar-refractivity contribution in [2.75, 3.05) is 26.7 Å². The minimum atomic E-state index is 0.297. The smallest absolute Gasteiger partial charge is 0.222 e. The number of hydrogen-bond acceptors (Lipinski definition) is 4. The van der Waals surface area contributed by atoms with Gasteiger partial charge in [-0.1, -0.05) is 36.4 Å². The zero-order chi connectivity index (χ0) is 18.9. The highest BCUT2D eigenvalue weighted by Crippen LogP contribution is 2.28. The first-order chi connectivity index (χ1) is 13.3. The first-order valence-electron chi connectivity index (χ1n) is 9.58. The van der Waals surface area contributed by atoms with Crippen molar-refractivity contribution in [1.82, 2.24) is 10.2 Å². The zero-order valence-electron chi connectivity index (χ0n) is 15.9. The molecule has 1 N–H and O–H groups in total. The van der Waals surface area contributed by atoms with Crippen LogP contribution in [-0.2, 0) is 17.9 Å². The molecular formula is C22H28N2O3. The summed E-state index contributed by atoms with van der Waals surface area (Å²) in [6, 6.07) is 16.1. The van der Waals surface area contributed by atoms with Gasteiger partial charge < -0.3 is 19.7 Å². The van der Waals surface area contributed by atoms with E-state index in [2.05, 4.69) is 5.32 Å². The van der Waals surface area contributed by atoms with Crippen molar-refractivity contribution >= 4 is 5.91 Å². The number of nitrogens with zero attached hydrogens (tertiary/aromatic N) is 1. The molecule has 1 heterocycles. The van der Waals surface area contributed by atoms with Crippen molar-refractivity contribution in [2.45, 2.75) is 32.4 Å². The molecule has 1 fully saturated rings. The number of amides is 1. The van der Waals surface area contributed by atoms with E-state index in [1.807, 2.05) is 53.4 Å². The highest BCUT2D eigenvalue weighted by molar-refractivity contribution is 5.77. The summed E-state index contributed by atoms with van der Waals surface area (Å²) in [5, 5.41) is 3.44. The Bertz CT molecular complexity index is 734. The molecule has 144 valence electrons. The van der Waals surface area contributed by atoms with Crippen LogP contribution in [0.2, 0.25) is 0 Å². The van der Waals surface area contributed by atoms with Crippen molar-refractivity contribution in [3.05, 3.63) is 59.7 Å². The molecule has 0 saturated carbocycles. The summed E-state index contributed by atoms with van der Waals surface area (Å²) in [7, 11) is 1.66. The van der Waals surface area contributed by atoms with Gasteiger partial charge in [0.1, 0.15) is 6.61 Å². The van der Waals surface area contributed by atoms with E-state index in [-0.39, 0.29) is 0 Å². The number of benzene rings is 2. The van der Waals surface area contributed by atoms with E-state index in [1.54, 1.807) is 7.11 Å². The summed E-state index contributed by atoms with van der Waals surface area (Å²) in [6.07, 6.45) is 2.69. The predicted octanol–water partition coefficient (Wildman–Crippen LogP) is 3.38. The summed E-state index contributed by atoms with van der Waals surface area (Å²) in [5.74, 6) is 1.79. The molecule has 1 saturated heterocycles. The van der Waals surface area contributed by atoms with Crippen molar-refractivity contribution in [3.8, 4) is 11.5 Å². The lowest BCUT2D eigenvalue weighted by Crippen LogP contribution is -2.28. The second-order valence-electron chi connectivity index (χ2n) is 6.77. The molecule has 0 unspecified atom stereocenters. The molecule has 0 radical (unpaired) electrons. The fraction of sp³-hybridized carbons (Fsp3) is 0.409. The lowest BCUT2D eigenvalue weighted by atomic mass is 10.2. The van der Waals surface area contributed by atoms with Gasteiger partial charge in [-0.05, 0) is 42.6 Å². The van der Waals surface area contributed by atoms with Gasteiger partial charge in [0.15, 0.2) is 11.5 Å². The fourth-order valence-electron chi connectivity index (χ4n) is 3.25. The van der Waals surface area contributed by atoms with Crippen LogP contribution >= 0.6 is 0 Å². The molecule has 0 atom stereocenters. The standard InChI is InChI=1S/C22H28N2O3/c1-26-20-11-10-19(15-21(20)27-17-18-7-3-2-4-8-18)16-23-12-6-14-24-13-5-9-22(24)25/h2-4,7-8,10-11,15,23H,5-6,9,12-14,16-17H2,1H3. The van der Waals surface area contributed by atoms with E-state index >= 15 is 0 Å². The van der Waals surface area contributed by atoms with E-state index in [0.717, 1.165) is 61.6 Å². The number of methoxy groups -OCH3 is 1. The van der Waals surface area contributed by atoms with Crippen LogP contribution in [0.5, 0.6) is 11.5 Å². The van der Waals surface area contributed by atoms with Crippen LogP contribution in [0.4, 0.5) is 0 Å². The normalized spacial score (nSPS) is 13.8. The Balaban J connectivity index is 1.46. The molecule has 0 aliphatic carbocycles. The topological polar surface area (TPSA) is 50.8 Å². The predicted molar refractivity (Wildman–Crippen MR) is 106 cm³/mol. The molecule has 1 amide bonds. The maximum absolute atomic E-state index is 11.6. The highest BCUT2D eigenvalue weighted by Gasteiger charge is 2.18. The third-order valence-corrected chi connectivity index (χ3v) is 4.75. The highest BCUT2D eigenvalue weighted by atomic mass is 16.5. The van der Waals surface area contributed by atoms with E-state index in [0.29, 0.717) is 18.9 Å². The van der Waals surface area contributed by atoms with E-state index in [9.17, 15) is 4.79 Å². The Kier molecular flexibility index (Phi) is 7.11. The molecule has 2 aromatic rings. The van der Waals surface area contributed by atoms with Crippen molar-refractivity contribution in [2.24, 2.45) is 0 Å². The van der Waals surface area contributed by atoms with E-state index < -0.39 is 0 Å². The number of ether oxygens (including phenoxy) is 2. The minimum absolute atomic E-state index is 0.297. The van der Waals surface area contributed by atoms with Gasteiger partial charge in [0, 0.05) is 26.1 Å². The van der Waals surface area contributed by atoms with Crippen LogP contribution in [0, 0.1) is 0 Å². The molecule has 5 heteroatoms. The summed E-state index contributed by atoms with van der Waals surface area (Å²) < 4.78 is 11.4. The van der Waals surface area contributed by atoms with Crippen molar-refractivity contribution in [3.63, 3.8) is 0 Å². The average Bonchev–Trinajstić information content (AvgIpc) is 3.12. The maximum Gasteiger partial charge on any atom is 0.222 e. The number of rotatable bonds is 10. The molecule has 2 aromatic carbocycles. The van der Waals surface area contributed by atoms with Gasteiger partial charge in [-0.3, -0.25) is 4.79 Å². The number of hydrogen-bond donors (Lipinski definition) is 1. The molecule has 5 nitrogen and oxygen atoms in total. The Labute approximate surface area is 161 Å². The summed E-state index contributed by atoms with van der Waals surface area (Å²) in [5.41, 5.74) is 2.27. The van der Waals surface area contributed by atoms with Crippen LogP contribution in [0.1, 0.15) is 30.4 Å². The largest absolute Gasteiger partial charge is 0.493 e. The van der Waals surface area contributed by atoms with E-state index in [1.165, 1.54) is 0 Å². The van der Waals surface area contributed by atoms with Gasteiger partial charge in [0.2, 0.25) is 5.91 Å². The maximum atomic E-state index is 11.6. The van der Waals surface area contributed by atoms with Crippen molar-refractivity contribution in [1.29, 1.82) is 0 Å². The van der Waals surface area contributed by atoms with Crippen molar-refractivity contribution < 1.29 is 14.3 Å². The van der Waals surface area contributed by atoms with Crippen LogP contribution in [-0.4, -0.2) is 37.6 Å². The Morgan fingerprint density at radius 2 is 1.93 bits per heavy atom. The van der Waals surface area contributed by atoms with Gasteiger partial charge in [0.25, 0.3) is 0 Å². The second-order valence-corrected chi connectivity index (χ2v) is 6.77. The third-order valence-electron chi connectivity index (χ3n) is 4.75. The van der Waals surface area contributed by atoms with Gasteiger partial charge in [-0.25, -0.2) is 0 Å². The van der Waals surface area contributed by atoms with Crippen LogP contribution in [0.15, 0.2) is 48.5 Å². The Morgan fingerprint density at radius 3 is 2.67 bits per heavy atom. The van der Waals surface area contributed by atoms with Crippen LogP contribution in [0.25, 0.3) is 0 Å². The van der Waals surface area contributed by atoms with Gasteiger partial charge in [-0.2, -0.15) is 0 Å². The van der Waals surface area contributed by atoms with Gasteiger partial charge in [0.05, 0.1) is 7.11 Å². The number of carbonyl (C=O) groups is 1. The number of likely N-dealkylation sites (tertiary alicyclic amines) is 1. The molecular weight excluding hydrogens is 340 g/mol. The molecule has 27 heavy (non-hydrogen) atoms. The monoisotopic (exact) mass is 368 g/mol. The Morgan fingerprint density at radius 1 is 1.07 bits per heavy atom. The molecule has 1 aliphatic heterocycles. The Hall–Kier alpha value is -2.53. The van der Waals surface area contributed by atoms with Gasteiger partial charge >= 0.3 is 0 Å². The second kappa shape index (κ2) is 9.97. The number of nitrogens with one attached hydrogen (secondary N) is 1. The summed E-state index contributed by atoms with van der Waals surface area (Å²) in [4.78, 5) is 13.6. The molecule has 0 bridgehead atoms. The molecule has 1 aliphatic rings. The van der Waals surface area contributed by atoms with E-state index in [4.69, 9.17) is 9.47 Å². The van der Waals surface area contributed by atoms with Gasteiger partial charge in [-0.15, -0.1) is 0 Å². The zero-order valence-corrected chi connectivity index (χ0v) is 15.9. The molecule has 0 spiro atoms. The van der Waals surface area contributed by atoms with Crippen LogP contribution < -0.4 is 14.8 Å². The lowest BCUT2D eigenvalue weighted by Gasteiger charge is -2.15.